The van der Waals surface area contributed by atoms with Gasteiger partial charge in [-0.2, -0.15) is 0 Å². The molecule has 4 nitrogen and oxygen atoms in total. The Morgan fingerprint density at radius 2 is 2.00 bits per heavy atom. The van der Waals surface area contributed by atoms with E-state index in [1.165, 1.54) is 5.56 Å². The Balaban J connectivity index is 2.95. The highest BCUT2D eigenvalue weighted by atomic mass is 15.2. The highest BCUT2D eigenvalue weighted by Crippen LogP contribution is 2.20. The first kappa shape index (κ1) is 14.9. The quantitative estimate of drug-likeness (QED) is 0.807. The standard InChI is InChI=1S/C14H26N4/c1-6-15-7-13-8-16-10-17-14(13)18(12(4)5)9-11(2)3/h8,10-12,15H,6-7,9H2,1-5H3. The van der Waals surface area contributed by atoms with Crippen LogP contribution in [0.3, 0.4) is 0 Å². The third-order valence-corrected chi connectivity index (χ3v) is 2.79. The van der Waals surface area contributed by atoms with Gasteiger partial charge in [0.25, 0.3) is 0 Å². The lowest BCUT2D eigenvalue weighted by Gasteiger charge is -2.31. The van der Waals surface area contributed by atoms with E-state index in [0.29, 0.717) is 12.0 Å². The van der Waals surface area contributed by atoms with Gasteiger partial charge in [0.2, 0.25) is 0 Å². The van der Waals surface area contributed by atoms with E-state index in [0.717, 1.165) is 25.5 Å². The van der Waals surface area contributed by atoms with Crippen LogP contribution in [0.4, 0.5) is 5.82 Å². The zero-order valence-electron chi connectivity index (χ0n) is 12.3. The molecule has 0 unspecified atom stereocenters. The van der Waals surface area contributed by atoms with E-state index in [4.69, 9.17) is 0 Å². The summed E-state index contributed by atoms with van der Waals surface area (Å²) >= 11 is 0. The minimum atomic E-state index is 0.447. The summed E-state index contributed by atoms with van der Waals surface area (Å²) in [5.74, 6) is 1.68. The Hall–Kier alpha value is -1.16. The van der Waals surface area contributed by atoms with Crippen molar-refractivity contribution in [1.29, 1.82) is 0 Å². The van der Waals surface area contributed by atoms with Crippen molar-refractivity contribution in [3.8, 4) is 0 Å². The third kappa shape index (κ3) is 4.26. The molecule has 1 N–H and O–H groups in total. The molecule has 1 aromatic rings. The van der Waals surface area contributed by atoms with Crippen LogP contribution in [0.15, 0.2) is 12.5 Å². The normalized spacial score (nSPS) is 11.3. The van der Waals surface area contributed by atoms with Gasteiger partial charge in [0.05, 0.1) is 0 Å². The Kier molecular flexibility index (Phi) is 6.05. The van der Waals surface area contributed by atoms with Gasteiger partial charge in [-0.3, -0.25) is 0 Å². The molecule has 0 aliphatic carbocycles. The average Bonchev–Trinajstić information content (AvgIpc) is 2.33. The van der Waals surface area contributed by atoms with E-state index in [1.54, 1.807) is 6.33 Å². The number of nitrogens with one attached hydrogen (secondary N) is 1. The summed E-state index contributed by atoms with van der Waals surface area (Å²) in [4.78, 5) is 11.0. The zero-order chi connectivity index (χ0) is 13.5. The summed E-state index contributed by atoms with van der Waals surface area (Å²) in [5, 5.41) is 3.35. The Bertz CT molecular complexity index is 349. The smallest absolute Gasteiger partial charge is 0.136 e. The molecule has 0 atom stereocenters. The van der Waals surface area contributed by atoms with Gasteiger partial charge in [-0.1, -0.05) is 20.8 Å². The maximum absolute atomic E-state index is 4.48. The van der Waals surface area contributed by atoms with Gasteiger partial charge < -0.3 is 10.2 Å². The van der Waals surface area contributed by atoms with E-state index >= 15 is 0 Å². The molecule has 0 radical (unpaired) electrons. The number of hydrogen-bond donors (Lipinski definition) is 1. The second-order valence-electron chi connectivity index (χ2n) is 5.29. The molecule has 1 aromatic heterocycles. The van der Waals surface area contributed by atoms with Gasteiger partial charge in [0, 0.05) is 30.9 Å². The average molecular weight is 250 g/mol. The van der Waals surface area contributed by atoms with Crippen LogP contribution >= 0.6 is 0 Å². The molecule has 0 fully saturated rings. The van der Waals surface area contributed by atoms with Crippen molar-refractivity contribution in [2.75, 3.05) is 18.0 Å². The predicted octanol–water partition coefficient (Wildman–Crippen LogP) is 2.46. The van der Waals surface area contributed by atoms with Crippen LogP contribution in [0, 0.1) is 5.92 Å². The number of anilines is 1. The van der Waals surface area contributed by atoms with Crippen molar-refractivity contribution < 1.29 is 0 Å². The van der Waals surface area contributed by atoms with Crippen LogP contribution in [-0.4, -0.2) is 29.1 Å². The minimum Gasteiger partial charge on any atom is -0.354 e. The van der Waals surface area contributed by atoms with E-state index in [2.05, 4.69) is 54.8 Å². The molecule has 0 saturated heterocycles. The molecule has 0 saturated carbocycles. The van der Waals surface area contributed by atoms with Gasteiger partial charge >= 0.3 is 0 Å². The minimum absolute atomic E-state index is 0.447. The summed E-state index contributed by atoms with van der Waals surface area (Å²) < 4.78 is 0. The Labute approximate surface area is 111 Å². The number of aromatic nitrogens is 2. The lowest BCUT2D eigenvalue weighted by Crippen LogP contribution is -2.36. The van der Waals surface area contributed by atoms with Gasteiger partial charge in [0.15, 0.2) is 0 Å². The SMILES string of the molecule is CCNCc1cncnc1N(CC(C)C)C(C)C. The largest absolute Gasteiger partial charge is 0.354 e. The predicted molar refractivity (Wildman–Crippen MR) is 76.7 cm³/mol. The highest BCUT2D eigenvalue weighted by molar-refractivity contribution is 5.46. The van der Waals surface area contributed by atoms with Gasteiger partial charge in [0.1, 0.15) is 12.1 Å². The fraction of sp³-hybridized carbons (Fsp3) is 0.714. The van der Waals surface area contributed by atoms with Crippen LogP contribution in [-0.2, 0) is 6.54 Å². The van der Waals surface area contributed by atoms with Gasteiger partial charge in [-0.25, -0.2) is 9.97 Å². The lowest BCUT2D eigenvalue weighted by atomic mass is 10.1. The van der Waals surface area contributed by atoms with Crippen molar-refractivity contribution in [2.45, 2.75) is 47.2 Å². The number of nitrogens with zero attached hydrogens (tertiary/aromatic N) is 3. The van der Waals surface area contributed by atoms with Crippen molar-refractivity contribution in [3.05, 3.63) is 18.1 Å². The second kappa shape index (κ2) is 7.31. The van der Waals surface area contributed by atoms with Crippen LogP contribution in [0.25, 0.3) is 0 Å². The molecule has 102 valence electrons. The Morgan fingerprint density at radius 3 is 2.56 bits per heavy atom. The van der Waals surface area contributed by atoms with Crippen molar-refractivity contribution in [2.24, 2.45) is 5.92 Å². The maximum atomic E-state index is 4.48. The van der Waals surface area contributed by atoms with Crippen LogP contribution < -0.4 is 10.2 Å². The van der Waals surface area contributed by atoms with Crippen molar-refractivity contribution in [1.82, 2.24) is 15.3 Å². The molecule has 1 heterocycles. The maximum Gasteiger partial charge on any atom is 0.136 e. The van der Waals surface area contributed by atoms with Crippen LogP contribution in [0.1, 0.15) is 40.2 Å². The molecule has 4 heteroatoms. The molecule has 0 bridgehead atoms. The number of hydrogen-bond acceptors (Lipinski definition) is 4. The third-order valence-electron chi connectivity index (χ3n) is 2.79. The van der Waals surface area contributed by atoms with Crippen LogP contribution in [0.2, 0.25) is 0 Å². The summed E-state index contributed by atoms with van der Waals surface area (Å²) in [6, 6.07) is 0.447. The van der Waals surface area contributed by atoms with E-state index in [9.17, 15) is 0 Å². The summed E-state index contributed by atoms with van der Waals surface area (Å²) in [5.41, 5.74) is 1.17. The first-order valence-corrected chi connectivity index (χ1v) is 6.82. The molecule has 1 rings (SSSR count). The highest BCUT2D eigenvalue weighted by Gasteiger charge is 2.16. The van der Waals surface area contributed by atoms with E-state index < -0.39 is 0 Å². The monoisotopic (exact) mass is 250 g/mol. The summed E-state index contributed by atoms with van der Waals surface area (Å²) in [6.07, 6.45) is 3.56. The van der Waals surface area contributed by atoms with E-state index in [-0.39, 0.29) is 0 Å². The van der Waals surface area contributed by atoms with Gasteiger partial charge in [-0.05, 0) is 26.3 Å². The Morgan fingerprint density at radius 1 is 1.28 bits per heavy atom. The molecule has 0 amide bonds. The second-order valence-corrected chi connectivity index (χ2v) is 5.29. The van der Waals surface area contributed by atoms with Gasteiger partial charge in [-0.15, -0.1) is 0 Å². The summed E-state index contributed by atoms with van der Waals surface area (Å²) in [6.45, 7) is 13.8. The first-order valence-electron chi connectivity index (χ1n) is 6.82. The molecule has 0 aliphatic heterocycles. The topological polar surface area (TPSA) is 41.1 Å². The first-order chi connectivity index (χ1) is 8.56. The van der Waals surface area contributed by atoms with Crippen molar-refractivity contribution >= 4 is 5.82 Å². The van der Waals surface area contributed by atoms with Crippen LogP contribution in [0.5, 0.6) is 0 Å². The lowest BCUT2D eigenvalue weighted by molar-refractivity contribution is 0.561. The zero-order valence-corrected chi connectivity index (χ0v) is 12.3. The molecular weight excluding hydrogens is 224 g/mol. The van der Waals surface area contributed by atoms with E-state index in [1.807, 2.05) is 6.20 Å². The molecule has 18 heavy (non-hydrogen) atoms. The number of rotatable bonds is 7. The summed E-state index contributed by atoms with van der Waals surface area (Å²) in [7, 11) is 0. The molecule has 0 aliphatic rings. The molecule has 0 spiro atoms. The molecule has 0 aromatic carbocycles. The van der Waals surface area contributed by atoms with Crippen molar-refractivity contribution in [3.63, 3.8) is 0 Å². The fourth-order valence-corrected chi connectivity index (χ4v) is 1.93. The fourth-order valence-electron chi connectivity index (χ4n) is 1.93. The molecular formula is C14H26N4.